The van der Waals surface area contributed by atoms with E-state index in [0.29, 0.717) is 50.1 Å². The fourth-order valence-electron chi connectivity index (χ4n) is 8.04. The Labute approximate surface area is 270 Å². The van der Waals surface area contributed by atoms with Crippen molar-refractivity contribution in [2.75, 3.05) is 0 Å². The number of ketones is 2. The van der Waals surface area contributed by atoms with Gasteiger partial charge < -0.3 is 19.5 Å². The summed E-state index contributed by atoms with van der Waals surface area (Å²) >= 11 is 3.46. The summed E-state index contributed by atoms with van der Waals surface area (Å²) in [5.74, 6) is 0.639. The zero-order valence-electron chi connectivity index (χ0n) is 27.0. The van der Waals surface area contributed by atoms with E-state index in [1.54, 1.807) is 0 Å². The Morgan fingerprint density at radius 2 is 1.05 bits per heavy atom. The number of hydrogen-bond donors (Lipinski definition) is 2. The smallest absolute Gasteiger partial charge is 0.399 e. The molecule has 2 spiro atoms. The second kappa shape index (κ2) is 10.6. The maximum absolute atomic E-state index is 12.9. The van der Waals surface area contributed by atoms with Crippen molar-refractivity contribution in [3.63, 3.8) is 0 Å². The van der Waals surface area contributed by atoms with Crippen molar-refractivity contribution in [1.29, 1.82) is 0 Å². The van der Waals surface area contributed by atoms with Crippen LogP contribution in [0.1, 0.15) is 115 Å². The number of benzene rings is 2. The van der Waals surface area contributed by atoms with Crippen LogP contribution in [0.3, 0.4) is 0 Å². The number of aliphatic hydroxyl groups is 2. The summed E-state index contributed by atoms with van der Waals surface area (Å²) in [6.45, 7) is 11.9. The SMILES string of the molecule is CC1(O)CCC2(CC1)C(=O)Cc1cc(B3OC(C)(C)C(C)(C)O3)ccc12.CC1(O)CCC2(CC1)C(=O)Cc1cc(Br)ccc12. The zero-order valence-corrected chi connectivity index (χ0v) is 28.6. The van der Waals surface area contributed by atoms with Crippen LogP contribution in [0.4, 0.5) is 0 Å². The van der Waals surface area contributed by atoms with E-state index in [9.17, 15) is 19.8 Å². The fraction of sp³-hybridized carbons (Fsp3) is 0.611. The summed E-state index contributed by atoms with van der Waals surface area (Å²) in [7, 11) is -0.399. The first-order chi connectivity index (χ1) is 20.4. The molecule has 7 rings (SSSR count). The lowest BCUT2D eigenvalue weighted by Crippen LogP contribution is -2.42. The van der Waals surface area contributed by atoms with Crippen LogP contribution in [-0.4, -0.2) is 51.3 Å². The van der Waals surface area contributed by atoms with Gasteiger partial charge >= 0.3 is 7.12 Å². The summed E-state index contributed by atoms with van der Waals surface area (Å²) in [4.78, 5) is 25.3. The average molecular weight is 665 g/mol. The van der Waals surface area contributed by atoms with E-state index in [1.807, 2.05) is 53.7 Å². The lowest BCUT2D eigenvalue weighted by atomic mass is 9.65. The van der Waals surface area contributed by atoms with Gasteiger partial charge in [-0.05, 0) is 133 Å². The molecular weight excluding hydrogens is 619 g/mol. The fourth-order valence-corrected chi connectivity index (χ4v) is 8.45. The van der Waals surface area contributed by atoms with Crippen molar-refractivity contribution in [3.05, 3.63) is 63.1 Å². The molecule has 2 aromatic rings. The van der Waals surface area contributed by atoms with E-state index >= 15 is 0 Å². The van der Waals surface area contributed by atoms with Crippen molar-refractivity contribution in [2.24, 2.45) is 0 Å². The lowest BCUT2D eigenvalue weighted by molar-refractivity contribution is -0.126. The molecule has 8 heteroatoms. The van der Waals surface area contributed by atoms with Gasteiger partial charge in [0.15, 0.2) is 0 Å². The predicted octanol–water partition coefficient (Wildman–Crippen LogP) is 5.81. The summed E-state index contributed by atoms with van der Waals surface area (Å²) in [6, 6.07) is 12.4. The molecule has 0 aromatic heterocycles. The Balaban J connectivity index is 0.000000167. The normalized spacial score (nSPS) is 35.1. The van der Waals surface area contributed by atoms with Gasteiger partial charge in [-0.25, -0.2) is 0 Å². The van der Waals surface area contributed by atoms with Gasteiger partial charge in [-0.2, -0.15) is 0 Å². The summed E-state index contributed by atoms with van der Waals surface area (Å²) in [5, 5.41) is 20.4. The van der Waals surface area contributed by atoms with Gasteiger partial charge in [-0.3, -0.25) is 9.59 Å². The van der Waals surface area contributed by atoms with Gasteiger partial charge in [0.2, 0.25) is 0 Å². The molecular formula is C36H46BBrO6. The highest BCUT2D eigenvalue weighted by atomic mass is 79.9. The number of halogens is 1. The van der Waals surface area contributed by atoms with Crippen LogP contribution >= 0.6 is 15.9 Å². The maximum atomic E-state index is 12.9. The minimum atomic E-state index is -0.642. The summed E-state index contributed by atoms with van der Waals surface area (Å²) in [5.41, 5.74) is 2.91. The van der Waals surface area contributed by atoms with E-state index in [2.05, 4.69) is 40.2 Å². The minimum absolute atomic E-state index is 0.300. The number of carbonyl (C=O) groups excluding carboxylic acids is 2. The first-order valence-electron chi connectivity index (χ1n) is 16.2. The van der Waals surface area contributed by atoms with Gasteiger partial charge in [-0.15, -0.1) is 0 Å². The van der Waals surface area contributed by atoms with E-state index in [4.69, 9.17) is 9.31 Å². The van der Waals surface area contributed by atoms with E-state index in [-0.39, 0.29) is 16.6 Å². The topological polar surface area (TPSA) is 93.1 Å². The largest absolute Gasteiger partial charge is 0.494 e. The van der Waals surface area contributed by atoms with Gasteiger partial charge in [0.1, 0.15) is 11.6 Å². The van der Waals surface area contributed by atoms with Crippen molar-refractivity contribution in [3.8, 4) is 0 Å². The molecule has 3 fully saturated rings. The van der Waals surface area contributed by atoms with Crippen molar-refractivity contribution < 1.29 is 29.1 Å². The average Bonchev–Trinajstić information content (AvgIpc) is 3.45. The van der Waals surface area contributed by atoms with Gasteiger partial charge in [0.25, 0.3) is 0 Å². The third kappa shape index (κ3) is 5.36. The van der Waals surface area contributed by atoms with Crippen LogP contribution in [-0.2, 0) is 42.6 Å². The monoisotopic (exact) mass is 664 g/mol. The van der Waals surface area contributed by atoms with Crippen LogP contribution in [0, 0.1) is 0 Å². The molecule has 1 heterocycles. The first kappa shape index (κ1) is 32.1. The molecule has 1 aliphatic heterocycles. The second-order valence-electron chi connectivity index (χ2n) is 15.7. The van der Waals surface area contributed by atoms with Crippen LogP contribution in [0.2, 0.25) is 0 Å². The van der Waals surface area contributed by atoms with Gasteiger partial charge in [0.05, 0.1) is 33.2 Å². The molecule has 0 unspecified atom stereocenters. The van der Waals surface area contributed by atoms with Crippen molar-refractivity contribution >= 4 is 40.1 Å². The number of fused-ring (bicyclic) bond motifs is 4. The van der Waals surface area contributed by atoms with Crippen LogP contribution in [0.25, 0.3) is 0 Å². The predicted molar refractivity (Wildman–Crippen MR) is 175 cm³/mol. The Morgan fingerprint density at radius 3 is 1.50 bits per heavy atom. The minimum Gasteiger partial charge on any atom is -0.399 e. The van der Waals surface area contributed by atoms with Crippen LogP contribution < -0.4 is 5.46 Å². The Hall–Kier alpha value is -1.84. The second-order valence-corrected chi connectivity index (χ2v) is 16.6. The van der Waals surface area contributed by atoms with Gasteiger partial charge in [0, 0.05) is 17.3 Å². The Kier molecular flexibility index (Phi) is 7.74. The number of rotatable bonds is 1. The third-order valence-corrected chi connectivity index (χ3v) is 12.4. The molecule has 236 valence electrons. The molecule has 2 saturated carbocycles. The summed E-state index contributed by atoms with van der Waals surface area (Å²) < 4.78 is 13.4. The molecule has 0 radical (unpaired) electrons. The molecule has 2 N–H and O–H groups in total. The highest BCUT2D eigenvalue weighted by Crippen LogP contribution is 2.50. The Bertz CT molecular complexity index is 1470. The van der Waals surface area contributed by atoms with E-state index in [1.165, 1.54) is 5.56 Å². The standard InChI is InChI=1S/C21H29BO4.C15H17BrO2/c1-18(2)19(3,4)26-22(25-18)15-6-7-16-14(12-15)13-17(23)21(16)10-8-20(5,24)9-11-21;1-14(18)4-6-15(7-5-14)12-3-2-11(16)8-10(12)9-13(15)17/h6-7,12,24H,8-11,13H2,1-5H3;2-3,8,18H,4-7,9H2,1H3. The zero-order chi connectivity index (χ0) is 31.9. The third-order valence-electron chi connectivity index (χ3n) is 11.9. The first-order valence-corrected chi connectivity index (χ1v) is 17.0. The number of Topliss-reactive ketones (excluding diaryl/α,β-unsaturated/α-hetero) is 2. The molecule has 2 aromatic carbocycles. The number of carbonyl (C=O) groups is 2. The highest BCUT2D eigenvalue weighted by molar-refractivity contribution is 9.10. The van der Waals surface area contributed by atoms with Crippen molar-refractivity contribution in [2.45, 2.75) is 139 Å². The van der Waals surface area contributed by atoms with Crippen LogP contribution in [0.5, 0.6) is 0 Å². The molecule has 44 heavy (non-hydrogen) atoms. The lowest BCUT2D eigenvalue weighted by Gasteiger charge is -2.40. The van der Waals surface area contributed by atoms with E-state index in [0.717, 1.165) is 52.3 Å². The molecule has 6 nitrogen and oxygen atoms in total. The highest BCUT2D eigenvalue weighted by Gasteiger charge is 2.54. The quantitative estimate of drug-likeness (QED) is 0.374. The molecule has 0 atom stereocenters. The summed E-state index contributed by atoms with van der Waals surface area (Å²) in [6.07, 6.45) is 6.86. The molecule has 1 saturated heterocycles. The molecule has 5 aliphatic rings. The van der Waals surface area contributed by atoms with Crippen LogP contribution in [0.15, 0.2) is 40.9 Å². The van der Waals surface area contributed by atoms with Crippen molar-refractivity contribution in [1.82, 2.24) is 0 Å². The molecule has 0 amide bonds. The van der Waals surface area contributed by atoms with E-state index < -0.39 is 23.7 Å². The molecule has 4 aliphatic carbocycles. The Morgan fingerprint density at radius 1 is 0.636 bits per heavy atom. The van der Waals surface area contributed by atoms with Gasteiger partial charge in [-0.1, -0.05) is 40.2 Å². The number of hydrogen-bond acceptors (Lipinski definition) is 6. The maximum Gasteiger partial charge on any atom is 0.494 e. The molecule has 0 bridgehead atoms.